The Hall–Kier alpha value is -1.13. The quantitative estimate of drug-likeness (QED) is 0.609. The van der Waals surface area contributed by atoms with E-state index in [0.29, 0.717) is 24.0 Å². The van der Waals surface area contributed by atoms with Crippen LogP contribution < -0.4 is 10.5 Å². The van der Waals surface area contributed by atoms with Crippen molar-refractivity contribution >= 4 is 17.2 Å². The molecule has 2 N–H and O–H groups in total. The van der Waals surface area contributed by atoms with Crippen LogP contribution in [0.25, 0.3) is 0 Å². The molecule has 4 heteroatoms. The lowest BCUT2D eigenvalue weighted by Gasteiger charge is -2.23. The van der Waals surface area contributed by atoms with Gasteiger partial charge in [-0.2, -0.15) is 0 Å². The van der Waals surface area contributed by atoms with Gasteiger partial charge in [-0.3, -0.25) is 0 Å². The minimum Gasteiger partial charge on any atom is -0.490 e. The van der Waals surface area contributed by atoms with Crippen molar-refractivity contribution in [2.45, 2.75) is 32.8 Å². The van der Waals surface area contributed by atoms with Crippen molar-refractivity contribution in [2.24, 2.45) is 5.73 Å². The maximum Gasteiger partial charge on any atom is 0.129 e. The first kappa shape index (κ1) is 14.9. The van der Waals surface area contributed by atoms with Crippen LogP contribution in [0.1, 0.15) is 32.8 Å². The molecule has 0 amide bonds. The van der Waals surface area contributed by atoms with Crippen molar-refractivity contribution in [3.05, 3.63) is 29.8 Å². The second-order valence-corrected chi connectivity index (χ2v) is 5.11. The van der Waals surface area contributed by atoms with Crippen molar-refractivity contribution in [3.8, 4) is 5.75 Å². The Labute approximate surface area is 114 Å². The number of thiocarbonyl (C=S) groups is 1. The molecule has 1 rings (SSSR count). The van der Waals surface area contributed by atoms with Gasteiger partial charge in [-0.05, 0) is 32.4 Å². The first-order valence-electron chi connectivity index (χ1n) is 6.12. The molecular weight excluding hydrogens is 246 g/mol. The highest BCUT2D eigenvalue weighted by Gasteiger charge is 2.14. The second-order valence-electron chi connectivity index (χ2n) is 4.67. The molecule has 0 radical (unpaired) electrons. The summed E-state index contributed by atoms with van der Waals surface area (Å²) in [5.41, 5.74) is 6.29. The summed E-state index contributed by atoms with van der Waals surface area (Å²) in [6.07, 6.45) is 0.969. The maximum absolute atomic E-state index is 5.71. The molecule has 18 heavy (non-hydrogen) atoms. The number of ether oxygens (including phenoxy) is 2. The molecule has 0 spiro atoms. The summed E-state index contributed by atoms with van der Waals surface area (Å²) in [4.78, 5) is 0.348. The lowest BCUT2D eigenvalue weighted by atomic mass is 10.1. The first-order chi connectivity index (χ1) is 8.46. The van der Waals surface area contributed by atoms with Gasteiger partial charge in [0.2, 0.25) is 0 Å². The molecular formula is C14H21NO2S. The van der Waals surface area contributed by atoms with Gasteiger partial charge in [-0.25, -0.2) is 0 Å². The standard InChI is InChI=1S/C14H21NO2S/c1-4-14(2,3)17-10-9-16-12-8-6-5-7-11(12)13(15)18/h5-8H,4,9-10H2,1-3H3,(H2,15,18). The van der Waals surface area contributed by atoms with Gasteiger partial charge >= 0.3 is 0 Å². The smallest absolute Gasteiger partial charge is 0.129 e. The van der Waals surface area contributed by atoms with Crippen LogP contribution in [0.4, 0.5) is 0 Å². The van der Waals surface area contributed by atoms with Crippen LogP contribution in [0.3, 0.4) is 0 Å². The molecule has 0 aliphatic rings. The molecule has 1 aromatic rings. The molecule has 0 bridgehead atoms. The van der Waals surface area contributed by atoms with E-state index >= 15 is 0 Å². The predicted molar refractivity (Wildman–Crippen MR) is 78.1 cm³/mol. The van der Waals surface area contributed by atoms with E-state index in [9.17, 15) is 0 Å². The summed E-state index contributed by atoms with van der Waals surface area (Å²) < 4.78 is 11.4. The van der Waals surface area contributed by atoms with Gasteiger partial charge in [0.25, 0.3) is 0 Å². The van der Waals surface area contributed by atoms with Gasteiger partial charge in [-0.15, -0.1) is 0 Å². The Morgan fingerprint density at radius 2 is 1.94 bits per heavy atom. The summed E-state index contributed by atoms with van der Waals surface area (Å²) in [5.74, 6) is 0.711. The van der Waals surface area contributed by atoms with E-state index in [1.54, 1.807) is 0 Å². The number of hydrogen-bond acceptors (Lipinski definition) is 3. The van der Waals surface area contributed by atoms with E-state index in [4.69, 9.17) is 27.4 Å². The molecule has 1 aromatic carbocycles. The topological polar surface area (TPSA) is 44.5 Å². The van der Waals surface area contributed by atoms with Gasteiger partial charge in [0.05, 0.1) is 17.8 Å². The SMILES string of the molecule is CCC(C)(C)OCCOc1ccccc1C(N)=S. The van der Waals surface area contributed by atoms with Crippen molar-refractivity contribution in [3.63, 3.8) is 0 Å². The van der Waals surface area contributed by atoms with Crippen molar-refractivity contribution in [2.75, 3.05) is 13.2 Å². The van der Waals surface area contributed by atoms with E-state index < -0.39 is 0 Å². The lowest BCUT2D eigenvalue weighted by Crippen LogP contribution is -2.26. The van der Waals surface area contributed by atoms with Crippen molar-refractivity contribution in [1.82, 2.24) is 0 Å². The van der Waals surface area contributed by atoms with E-state index in [2.05, 4.69) is 20.8 Å². The summed E-state index contributed by atoms with van der Waals surface area (Å²) in [7, 11) is 0. The minimum absolute atomic E-state index is 0.105. The van der Waals surface area contributed by atoms with Crippen molar-refractivity contribution < 1.29 is 9.47 Å². The summed E-state index contributed by atoms with van der Waals surface area (Å²) in [6, 6.07) is 7.50. The molecule has 100 valence electrons. The summed E-state index contributed by atoms with van der Waals surface area (Å²) in [5, 5.41) is 0. The Morgan fingerprint density at radius 3 is 2.56 bits per heavy atom. The average Bonchev–Trinajstić information content (AvgIpc) is 2.35. The molecule has 0 atom stereocenters. The van der Waals surface area contributed by atoms with E-state index in [-0.39, 0.29) is 5.60 Å². The Balaban J connectivity index is 2.47. The molecule has 0 aliphatic heterocycles. The van der Waals surface area contributed by atoms with Crippen molar-refractivity contribution in [1.29, 1.82) is 0 Å². The Kier molecular flexibility index (Phi) is 5.56. The third-order valence-electron chi connectivity index (χ3n) is 2.84. The van der Waals surface area contributed by atoms with Crippen LogP contribution in [-0.2, 0) is 4.74 Å². The maximum atomic E-state index is 5.71. The van der Waals surface area contributed by atoms with Gasteiger partial charge < -0.3 is 15.2 Å². The minimum atomic E-state index is -0.105. The van der Waals surface area contributed by atoms with Crippen LogP contribution in [0.5, 0.6) is 5.75 Å². The Morgan fingerprint density at radius 1 is 1.28 bits per heavy atom. The van der Waals surface area contributed by atoms with Gasteiger partial charge in [0, 0.05) is 0 Å². The molecule has 3 nitrogen and oxygen atoms in total. The lowest BCUT2D eigenvalue weighted by molar-refractivity contribution is -0.0317. The van der Waals surface area contributed by atoms with E-state index in [1.165, 1.54) is 0 Å². The molecule has 0 unspecified atom stereocenters. The fourth-order valence-electron chi connectivity index (χ4n) is 1.37. The molecule has 0 aliphatic carbocycles. The van der Waals surface area contributed by atoms with E-state index in [1.807, 2.05) is 24.3 Å². The van der Waals surface area contributed by atoms with Crippen LogP contribution in [-0.4, -0.2) is 23.8 Å². The zero-order valence-electron chi connectivity index (χ0n) is 11.2. The number of nitrogens with two attached hydrogens (primary N) is 1. The largest absolute Gasteiger partial charge is 0.490 e. The van der Waals surface area contributed by atoms with Crippen LogP contribution in [0.2, 0.25) is 0 Å². The highest BCUT2D eigenvalue weighted by Crippen LogP contribution is 2.18. The molecule has 0 aromatic heterocycles. The number of benzene rings is 1. The van der Waals surface area contributed by atoms with Crippen LogP contribution in [0.15, 0.2) is 24.3 Å². The third-order valence-corrected chi connectivity index (χ3v) is 3.06. The molecule has 0 heterocycles. The number of hydrogen-bond donors (Lipinski definition) is 1. The summed E-state index contributed by atoms with van der Waals surface area (Å²) in [6.45, 7) is 7.27. The Bertz CT molecular complexity index is 405. The average molecular weight is 267 g/mol. The fraction of sp³-hybridized carbons (Fsp3) is 0.500. The molecule has 0 fully saturated rings. The first-order valence-corrected chi connectivity index (χ1v) is 6.52. The fourth-order valence-corrected chi connectivity index (χ4v) is 1.54. The van der Waals surface area contributed by atoms with Crippen LogP contribution >= 0.6 is 12.2 Å². The normalized spacial score (nSPS) is 11.3. The van der Waals surface area contributed by atoms with Gasteiger partial charge in [-0.1, -0.05) is 31.3 Å². The highest BCUT2D eigenvalue weighted by atomic mass is 32.1. The molecule has 0 saturated heterocycles. The summed E-state index contributed by atoms with van der Waals surface area (Å²) >= 11 is 4.97. The number of rotatable bonds is 7. The zero-order valence-corrected chi connectivity index (χ0v) is 12.0. The van der Waals surface area contributed by atoms with E-state index in [0.717, 1.165) is 12.0 Å². The number of para-hydroxylation sites is 1. The third kappa shape index (κ3) is 4.63. The van der Waals surface area contributed by atoms with Gasteiger partial charge in [0.1, 0.15) is 17.3 Å². The zero-order chi connectivity index (χ0) is 13.6. The monoisotopic (exact) mass is 267 g/mol. The van der Waals surface area contributed by atoms with Crippen LogP contribution in [0, 0.1) is 0 Å². The van der Waals surface area contributed by atoms with Gasteiger partial charge in [0.15, 0.2) is 0 Å². The molecule has 0 saturated carbocycles. The predicted octanol–water partition coefficient (Wildman–Crippen LogP) is 2.90. The highest BCUT2D eigenvalue weighted by molar-refractivity contribution is 7.80. The second kappa shape index (κ2) is 6.71.